The largest absolute Gasteiger partial charge is 0.507 e. The second-order valence-electron chi connectivity index (χ2n) is 7.39. The molecule has 6 nitrogen and oxygen atoms in total. The first-order valence-corrected chi connectivity index (χ1v) is 10.1. The summed E-state index contributed by atoms with van der Waals surface area (Å²) in [4.78, 5) is 27.7. The number of rotatable bonds is 6. The van der Waals surface area contributed by atoms with Gasteiger partial charge in [-0.15, -0.1) is 0 Å². The number of aliphatic hydroxyl groups excluding tert-OH is 1. The van der Waals surface area contributed by atoms with Gasteiger partial charge in [0.1, 0.15) is 17.3 Å². The molecule has 1 amide bonds. The van der Waals surface area contributed by atoms with Crippen molar-refractivity contribution in [2.24, 2.45) is 0 Å². The van der Waals surface area contributed by atoms with Crippen LogP contribution in [0, 0.1) is 0 Å². The highest BCUT2D eigenvalue weighted by Gasteiger charge is 2.47. The van der Waals surface area contributed by atoms with Gasteiger partial charge in [-0.2, -0.15) is 0 Å². The van der Waals surface area contributed by atoms with Crippen LogP contribution in [0.4, 0.5) is 0 Å². The van der Waals surface area contributed by atoms with E-state index in [1.54, 1.807) is 49.6 Å². The molecule has 1 N–H and O–H groups in total. The first-order valence-electron chi connectivity index (χ1n) is 10.1. The van der Waals surface area contributed by atoms with Crippen LogP contribution in [-0.4, -0.2) is 35.9 Å². The lowest BCUT2D eigenvalue weighted by molar-refractivity contribution is -0.140. The van der Waals surface area contributed by atoms with Crippen molar-refractivity contribution in [1.29, 1.82) is 0 Å². The van der Waals surface area contributed by atoms with Gasteiger partial charge in [0.25, 0.3) is 11.7 Å². The lowest BCUT2D eigenvalue weighted by atomic mass is 9.94. The van der Waals surface area contributed by atoms with Gasteiger partial charge < -0.3 is 19.5 Å². The summed E-state index contributed by atoms with van der Waals surface area (Å²) in [5, 5.41) is 11.1. The van der Waals surface area contributed by atoms with Crippen LogP contribution in [0.25, 0.3) is 5.76 Å². The van der Waals surface area contributed by atoms with Crippen molar-refractivity contribution in [2.45, 2.75) is 12.6 Å². The zero-order chi connectivity index (χ0) is 22.7. The maximum atomic E-state index is 13.2. The van der Waals surface area contributed by atoms with E-state index in [0.29, 0.717) is 22.6 Å². The van der Waals surface area contributed by atoms with Gasteiger partial charge in [0, 0.05) is 23.7 Å². The minimum absolute atomic E-state index is 0.0283. The molecule has 3 aromatic carbocycles. The smallest absolute Gasteiger partial charge is 0.295 e. The van der Waals surface area contributed by atoms with Crippen molar-refractivity contribution in [3.8, 4) is 11.5 Å². The standard InChI is InChI=1S/C26H23NO5/c1-31-19-13-14-20(21(15-19)32-2)23-22(24(28)18-11-7-4-8-12-18)25(29)26(30)27(23)16-17-9-5-3-6-10-17/h3-15,23,28H,16H2,1-2H3/t23-/m1/s1. The number of likely N-dealkylation sites (tertiary alicyclic amines) is 1. The number of ether oxygens (including phenoxy) is 2. The highest BCUT2D eigenvalue weighted by molar-refractivity contribution is 6.46. The minimum atomic E-state index is -0.823. The van der Waals surface area contributed by atoms with E-state index in [9.17, 15) is 14.7 Å². The second-order valence-corrected chi connectivity index (χ2v) is 7.39. The van der Waals surface area contributed by atoms with Crippen LogP contribution >= 0.6 is 0 Å². The molecule has 1 saturated heterocycles. The van der Waals surface area contributed by atoms with Gasteiger partial charge in [0.15, 0.2) is 0 Å². The summed E-state index contributed by atoms with van der Waals surface area (Å²) in [7, 11) is 3.06. The maximum Gasteiger partial charge on any atom is 0.295 e. The Kier molecular flexibility index (Phi) is 5.94. The first-order chi connectivity index (χ1) is 15.5. The van der Waals surface area contributed by atoms with Crippen LogP contribution < -0.4 is 9.47 Å². The zero-order valence-corrected chi connectivity index (χ0v) is 17.8. The van der Waals surface area contributed by atoms with E-state index in [2.05, 4.69) is 0 Å². The van der Waals surface area contributed by atoms with E-state index >= 15 is 0 Å². The third kappa shape index (κ3) is 3.83. The molecule has 0 bridgehead atoms. The van der Waals surface area contributed by atoms with Gasteiger partial charge >= 0.3 is 0 Å². The lowest BCUT2D eigenvalue weighted by Crippen LogP contribution is -2.29. The summed E-state index contributed by atoms with van der Waals surface area (Å²) in [6.07, 6.45) is 0. The molecule has 3 aromatic rings. The molecular formula is C26H23NO5. The normalized spacial score (nSPS) is 17.4. The quantitative estimate of drug-likeness (QED) is 0.359. The average Bonchev–Trinajstić information content (AvgIpc) is 3.09. The van der Waals surface area contributed by atoms with Crippen LogP contribution in [0.2, 0.25) is 0 Å². The highest BCUT2D eigenvalue weighted by atomic mass is 16.5. The van der Waals surface area contributed by atoms with E-state index in [1.807, 2.05) is 36.4 Å². The Morgan fingerprint density at radius 3 is 2.19 bits per heavy atom. The van der Waals surface area contributed by atoms with Gasteiger partial charge in [-0.1, -0.05) is 60.7 Å². The number of aliphatic hydroxyl groups is 1. The molecule has 32 heavy (non-hydrogen) atoms. The van der Waals surface area contributed by atoms with Crippen molar-refractivity contribution < 1.29 is 24.2 Å². The fourth-order valence-electron chi connectivity index (χ4n) is 3.94. The van der Waals surface area contributed by atoms with Gasteiger partial charge in [0.2, 0.25) is 0 Å². The molecule has 4 rings (SSSR count). The Morgan fingerprint density at radius 2 is 1.56 bits per heavy atom. The van der Waals surface area contributed by atoms with E-state index < -0.39 is 17.7 Å². The summed E-state index contributed by atoms with van der Waals surface area (Å²) in [5.41, 5.74) is 1.94. The SMILES string of the molecule is COc1ccc([C@@H]2C(=C(O)c3ccccc3)C(=O)C(=O)N2Cc2ccccc2)c(OC)c1. The van der Waals surface area contributed by atoms with Gasteiger partial charge in [-0.3, -0.25) is 9.59 Å². The van der Waals surface area contributed by atoms with E-state index in [0.717, 1.165) is 5.56 Å². The van der Waals surface area contributed by atoms with Crippen molar-refractivity contribution in [2.75, 3.05) is 14.2 Å². The lowest BCUT2D eigenvalue weighted by Gasteiger charge is -2.27. The molecule has 0 aromatic heterocycles. The Balaban J connectivity index is 1.91. The van der Waals surface area contributed by atoms with E-state index in [1.165, 1.54) is 12.0 Å². The fourth-order valence-corrected chi connectivity index (χ4v) is 3.94. The summed E-state index contributed by atoms with van der Waals surface area (Å²) in [6.45, 7) is 0.205. The number of hydrogen-bond donors (Lipinski definition) is 1. The maximum absolute atomic E-state index is 13.2. The molecular weight excluding hydrogens is 406 g/mol. The molecule has 0 saturated carbocycles. The Bertz CT molecular complexity index is 1170. The Labute approximate surface area is 186 Å². The number of nitrogens with zero attached hydrogens (tertiary/aromatic N) is 1. The summed E-state index contributed by atoms with van der Waals surface area (Å²) in [5.74, 6) is -0.594. The number of hydrogen-bond acceptors (Lipinski definition) is 5. The fraction of sp³-hybridized carbons (Fsp3) is 0.154. The number of benzene rings is 3. The van der Waals surface area contributed by atoms with Crippen LogP contribution in [0.1, 0.15) is 22.7 Å². The Hall–Kier alpha value is -4.06. The average molecular weight is 429 g/mol. The van der Waals surface area contributed by atoms with Crippen LogP contribution in [0.5, 0.6) is 11.5 Å². The summed E-state index contributed by atoms with van der Waals surface area (Å²) in [6, 6.07) is 22.5. The molecule has 0 aliphatic carbocycles. The highest BCUT2D eigenvalue weighted by Crippen LogP contribution is 2.44. The van der Waals surface area contributed by atoms with Crippen molar-refractivity contribution >= 4 is 17.4 Å². The first kappa shape index (κ1) is 21.2. The number of carbonyl (C=O) groups excluding carboxylic acids is 2. The van der Waals surface area contributed by atoms with Crippen LogP contribution in [0.15, 0.2) is 84.4 Å². The Morgan fingerprint density at radius 1 is 0.906 bits per heavy atom. The van der Waals surface area contributed by atoms with Crippen molar-refractivity contribution in [1.82, 2.24) is 4.90 Å². The van der Waals surface area contributed by atoms with E-state index in [-0.39, 0.29) is 17.9 Å². The molecule has 0 radical (unpaired) electrons. The zero-order valence-electron chi connectivity index (χ0n) is 17.8. The van der Waals surface area contributed by atoms with E-state index in [4.69, 9.17) is 9.47 Å². The third-order valence-corrected chi connectivity index (χ3v) is 5.52. The van der Waals surface area contributed by atoms with Crippen LogP contribution in [0.3, 0.4) is 0 Å². The van der Waals surface area contributed by atoms with Crippen molar-refractivity contribution in [3.05, 3.63) is 101 Å². The molecule has 1 aliphatic rings. The predicted octanol–water partition coefficient (Wildman–Crippen LogP) is 4.33. The van der Waals surface area contributed by atoms with Crippen LogP contribution in [-0.2, 0) is 16.1 Å². The molecule has 1 heterocycles. The second kappa shape index (κ2) is 8.98. The number of Topliss-reactive ketones (excluding diaryl/α,β-unsaturated/α-hetero) is 1. The molecule has 1 atom stereocenters. The summed E-state index contributed by atoms with van der Waals surface area (Å²) < 4.78 is 10.9. The number of carbonyl (C=O) groups is 2. The summed E-state index contributed by atoms with van der Waals surface area (Å²) >= 11 is 0. The number of ketones is 1. The van der Waals surface area contributed by atoms with Gasteiger partial charge in [-0.05, 0) is 17.7 Å². The third-order valence-electron chi connectivity index (χ3n) is 5.52. The minimum Gasteiger partial charge on any atom is -0.507 e. The molecule has 1 fully saturated rings. The topological polar surface area (TPSA) is 76.1 Å². The van der Waals surface area contributed by atoms with Crippen molar-refractivity contribution in [3.63, 3.8) is 0 Å². The molecule has 0 spiro atoms. The predicted molar refractivity (Wildman–Crippen MR) is 120 cm³/mol. The molecule has 162 valence electrons. The monoisotopic (exact) mass is 429 g/mol. The van der Waals surface area contributed by atoms with Gasteiger partial charge in [0.05, 0.1) is 25.8 Å². The molecule has 6 heteroatoms. The van der Waals surface area contributed by atoms with Gasteiger partial charge in [-0.25, -0.2) is 0 Å². The number of amides is 1. The molecule has 1 aliphatic heterocycles. The number of methoxy groups -OCH3 is 2. The molecule has 0 unspecified atom stereocenters.